The van der Waals surface area contributed by atoms with Crippen molar-refractivity contribution in [1.29, 1.82) is 0 Å². The number of anilines is 1. The van der Waals surface area contributed by atoms with Gasteiger partial charge in [-0.2, -0.15) is 0 Å². The fourth-order valence-electron chi connectivity index (χ4n) is 2.24. The molecule has 2 aromatic carbocycles. The number of ether oxygens (including phenoxy) is 1. The van der Waals surface area contributed by atoms with Gasteiger partial charge < -0.3 is 10.1 Å². The summed E-state index contributed by atoms with van der Waals surface area (Å²) in [4.78, 5) is 4.34. The van der Waals surface area contributed by atoms with Gasteiger partial charge in [-0.3, -0.25) is 0 Å². The summed E-state index contributed by atoms with van der Waals surface area (Å²) in [7, 11) is 1.63. The van der Waals surface area contributed by atoms with Crippen LogP contribution >= 0.6 is 0 Å². The van der Waals surface area contributed by atoms with Crippen LogP contribution in [-0.2, 0) is 6.54 Å². The topological polar surface area (TPSA) is 34.1 Å². The van der Waals surface area contributed by atoms with Crippen molar-refractivity contribution in [2.75, 3.05) is 12.4 Å². The zero-order valence-corrected chi connectivity index (χ0v) is 11.6. The Morgan fingerprint density at radius 2 is 2.00 bits per heavy atom. The maximum absolute atomic E-state index is 13.6. The second kappa shape index (κ2) is 5.79. The minimum Gasteiger partial charge on any atom is -0.497 e. The molecule has 0 fully saturated rings. The molecule has 4 heteroatoms. The zero-order valence-electron chi connectivity index (χ0n) is 11.6. The van der Waals surface area contributed by atoms with E-state index in [0.717, 1.165) is 22.3 Å². The minimum absolute atomic E-state index is 0.220. The minimum atomic E-state index is -0.220. The number of nitrogens with zero attached hydrogens (tertiary/aromatic N) is 1. The number of aromatic nitrogens is 1. The second-order valence-electron chi connectivity index (χ2n) is 4.69. The SMILES string of the molecule is COc1ccc2ccnc(NCc3ccccc3F)c2c1. The van der Waals surface area contributed by atoms with Gasteiger partial charge in [-0.25, -0.2) is 9.37 Å². The second-order valence-corrected chi connectivity index (χ2v) is 4.69. The van der Waals surface area contributed by atoms with Crippen molar-refractivity contribution >= 4 is 16.6 Å². The van der Waals surface area contributed by atoms with E-state index in [4.69, 9.17) is 4.74 Å². The molecule has 0 spiro atoms. The fraction of sp³-hybridized carbons (Fsp3) is 0.118. The Hall–Kier alpha value is -2.62. The van der Waals surface area contributed by atoms with Crippen LogP contribution in [0.25, 0.3) is 10.8 Å². The summed E-state index contributed by atoms with van der Waals surface area (Å²) >= 11 is 0. The maximum atomic E-state index is 13.6. The van der Waals surface area contributed by atoms with Crippen molar-refractivity contribution in [3.05, 3.63) is 66.1 Å². The molecule has 0 amide bonds. The highest BCUT2D eigenvalue weighted by atomic mass is 19.1. The van der Waals surface area contributed by atoms with Crippen LogP contribution < -0.4 is 10.1 Å². The van der Waals surface area contributed by atoms with Gasteiger partial charge in [-0.05, 0) is 29.7 Å². The molecule has 0 saturated heterocycles. The summed E-state index contributed by atoms with van der Waals surface area (Å²) in [5.74, 6) is 1.27. The molecule has 0 atom stereocenters. The number of benzene rings is 2. The maximum Gasteiger partial charge on any atom is 0.134 e. The van der Waals surface area contributed by atoms with E-state index in [1.165, 1.54) is 6.07 Å². The third-order valence-electron chi connectivity index (χ3n) is 3.38. The molecule has 0 radical (unpaired) electrons. The molecule has 0 bridgehead atoms. The van der Waals surface area contributed by atoms with Crippen LogP contribution in [0.2, 0.25) is 0 Å². The first-order valence-electron chi connectivity index (χ1n) is 6.68. The Kier molecular flexibility index (Phi) is 3.69. The van der Waals surface area contributed by atoms with Gasteiger partial charge in [0.05, 0.1) is 7.11 Å². The molecule has 21 heavy (non-hydrogen) atoms. The molecule has 0 saturated carbocycles. The van der Waals surface area contributed by atoms with E-state index in [2.05, 4.69) is 10.3 Å². The van der Waals surface area contributed by atoms with Crippen LogP contribution in [0.3, 0.4) is 0 Å². The Bertz CT molecular complexity index is 774. The van der Waals surface area contributed by atoms with E-state index in [9.17, 15) is 4.39 Å². The number of hydrogen-bond acceptors (Lipinski definition) is 3. The largest absolute Gasteiger partial charge is 0.497 e. The van der Waals surface area contributed by atoms with E-state index in [0.29, 0.717) is 12.1 Å². The van der Waals surface area contributed by atoms with Crippen molar-refractivity contribution < 1.29 is 9.13 Å². The number of hydrogen-bond donors (Lipinski definition) is 1. The summed E-state index contributed by atoms with van der Waals surface area (Å²) in [6.07, 6.45) is 1.73. The van der Waals surface area contributed by atoms with Crippen LogP contribution in [0.5, 0.6) is 5.75 Å². The Labute approximate surface area is 122 Å². The van der Waals surface area contributed by atoms with Crippen molar-refractivity contribution in [2.45, 2.75) is 6.54 Å². The van der Waals surface area contributed by atoms with E-state index < -0.39 is 0 Å². The molecule has 3 nitrogen and oxygen atoms in total. The van der Waals surface area contributed by atoms with E-state index >= 15 is 0 Å². The lowest BCUT2D eigenvalue weighted by Crippen LogP contribution is -2.03. The molecule has 3 aromatic rings. The molecule has 1 aromatic heterocycles. The van der Waals surface area contributed by atoms with E-state index in [1.807, 2.05) is 30.3 Å². The molecule has 1 heterocycles. The summed E-state index contributed by atoms with van der Waals surface area (Å²) in [5, 5.41) is 5.20. The number of halogens is 1. The number of pyridine rings is 1. The first-order chi connectivity index (χ1) is 10.3. The van der Waals surface area contributed by atoms with Crippen molar-refractivity contribution in [1.82, 2.24) is 4.98 Å². The number of methoxy groups -OCH3 is 1. The van der Waals surface area contributed by atoms with Crippen molar-refractivity contribution in [3.63, 3.8) is 0 Å². The van der Waals surface area contributed by atoms with E-state index in [1.54, 1.807) is 25.4 Å². The highest BCUT2D eigenvalue weighted by Crippen LogP contribution is 2.26. The lowest BCUT2D eigenvalue weighted by molar-refractivity contribution is 0.415. The summed E-state index contributed by atoms with van der Waals surface area (Å²) in [6, 6.07) is 14.5. The van der Waals surface area contributed by atoms with Gasteiger partial charge in [0.2, 0.25) is 0 Å². The summed E-state index contributed by atoms with van der Waals surface area (Å²) in [5.41, 5.74) is 0.610. The molecule has 1 N–H and O–H groups in total. The highest BCUT2D eigenvalue weighted by Gasteiger charge is 2.05. The van der Waals surface area contributed by atoms with E-state index in [-0.39, 0.29) is 5.82 Å². The lowest BCUT2D eigenvalue weighted by Gasteiger charge is -2.10. The number of nitrogens with one attached hydrogen (secondary N) is 1. The van der Waals surface area contributed by atoms with Crippen LogP contribution in [0.1, 0.15) is 5.56 Å². The molecular weight excluding hydrogens is 267 g/mol. The third-order valence-corrected chi connectivity index (χ3v) is 3.38. The Morgan fingerprint density at radius 1 is 1.14 bits per heavy atom. The van der Waals surface area contributed by atoms with Gasteiger partial charge in [0.15, 0.2) is 0 Å². The zero-order chi connectivity index (χ0) is 14.7. The van der Waals surface area contributed by atoms with Crippen LogP contribution in [0.15, 0.2) is 54.7 Å². The van der Waals surface area contributed by atoms with Crippen molar-refractivity contribution in [2.24, 2.45) is 0 Å². The number of fused-ring (bicyclic) bond motifs is 1. The predicted molar refractivity (Wildman–Crippen MR) is 82.0 cm³/mol. The van der Waals surface area contributed by atoms with Crippen molar-refractivity contribution in [3.8, 4) is 5.75 Å². The fourth-order valence-corrected chi connectivity index (χ4v) is 2.24. The first kappa shape index (κ1) is 13.4. The average Bonchev–Trinajstić information content (AvgIpc) is 2.53. The molecule has 0 aliphatic heterocycles. The molecule has 0 aliphatic carbocycles. The van der Waals surface area contributed by atoms with Gasteiger partial charge in [0.25, 0.3) is 0 Å². The lowest BCUT2D eigenvalue weighted by atomic mass is 10.1. The molecule has 0 unspecified atom stereocenters. The third kappa shape index (κ3) is 2.79. The van der Waals surface area contributed by atoms with Crippen LogP contribution in [0, 0.1) is 5.82 Å². The number of rotatable bonds is 4. The Balaban J connectivity index is 1.91. The smallest absolute Gasteiger partial charge is 0.134 e. The van der Waals surface area contributed by atoms with Gasteiger partial charge in [-0.1, -0.05) is 24.3 Å². The molecule has 3 rings (SSSR count). The Morgan fingerprint density at radius 3 is 2.81 bits per heavy atom. The van der Waals surface area contributed by atoms with Gasteiger partial charge >= 0.3 is 0 Å². The van der Waals surface area contributed by atoms with Crippen LogP contribution in [-0.4, -0.2) is 12.1 Å². The normalized spacial score (nSPS) is 10.6. The predicted octanol–water partition coefficient (Wildman–Crippen LogP) is 3.99. The molecular formula is C17H15FN2O. The van der Waals surface area contributed by atoms with Gasteiger partial charge in [-0.15, -0.1) is 0 Å². The average molecular weight is 282 g/mol. The first-order valence-corrected chi connectivity index (χ1v) is 6.68. The van der Waals surface area contributed by atoms with Gasteiger partial charge in [0, 0.05) is 23.7 Å². The van der Waals surface area contributed by atoms with Gasteiger partial charge in [0.1, 0.15) is 17.4 Å². The highest BCUT2D eigenvalue weighted by molar-refractivity contribution is 5.92. The summed E-state index contributed by atoms with van der Waals surface area (Å²) < 4.78 is 18.9. The summed E-state index contributed by atoms with van der Waals surface area (Å²) in [6.45, 7) is 0.385. The van der Waals surface area contributed by atoms with Crippen LogP contribution in [0.4, 0.5) is 10.2 Å². The molecule has 0 aliphatic rings. The standard InChI is InChI=1S/C17H15FN2O/c1-21-14-7-6-12-8-9-19-17(15(12)10-14)20-11-13-4-2-3-5-16(13)18/h2-10H,11H2,1H3,(H,19,20). The monoisotopic (exact) mass is 282 g/mol. The quantitative estimate of drug-likeness (QED) is 0.785. The molecule has 106 valence electrons.